The maximum atomic E-state index is 13.7. The quantitative estimate of drug-likeness (QED) is 0.843. The summed E-state index contributed by atoms with van der Waals surface area (Å²) in [6, 6.07) is 7.05. The van der Waals surface area contributed by atoms with Crippen molar-refractivity contribution in [3.63, 3.8) is 0 Å². The Kier molecular flexibility index (Phi) is 3.74. The topological polar surface area (TPSA) is 38.5 Å². The first kappa shape index (κ1) is 11.4. The molecule has 0 bridgehead atoms. The predicted molar refractivity (Wildman–Crippen MR) is 62.0 cm³/mol. The smallest absolute Gasteiger partial charge is 0.146 e. The highest BCUT2D eigenvalue weighted by molar-refractivity contribution is 5.49. The van der Waals surface area contributed by atoms with E-state index in [0.29, 0.717) is 25.4 Å². The molecule has 2 rings (SSSR count). The van der Waals surface area contributed by atoms with Gasteiger partial charge in [-0.2, -0.15) is 0 Å². The normalized spacial score (nSPS) is 21.1. The van der Waals surface area contributed by atoms with Gasteiger partial charge in [0.2, 0.25) is 0 Å². The zero-order valence-electron chi connectivity index (χ0n) is 9.23. The summed E-state index contributed by atoms with van der Waals surface area (Å²) in [4.78, 5) is 2.06. The van der Waals surface area contributed by atoms with Crippen molar-refractivity contribution in [1.29, 1.82) is 0 Å². The van der Waals surface area contributed by atoms with Crippen molar-refractivity contribution in [2.75, 3.05) is 31.2 Å². The second kappa shape index (κ2) is 5.27. The molecule has 0 spiro atoms. The van der Waals surface area contributed by atoms with E-state index in [1.807, 2.05) is 12.1 Å². The third kappa shape index (κ3) is 2.33. The number of anilines is 1. The van der Waals surface area contributed by atoms with Crippen molar-refractivity contribution < 1.29 is 9.13 Å². The van der Waals surface area contributed by atoms with Crippen LogP contribution in [0.5, 0.6) is 0 Å². The average Bonchev–Trinajstić information content (AvgIpc) is 2.31. The molecule has 3 nitrogen and oxygen atoms in total. The summed E-state index contributed by atoms with van der Waals surface area (Å²) in [5.41, 5.74) is 6.22. The molecule has 1 fully saturated rings. The van der Waals surface area contributed by atoms with Gasteiger partial charge in [0.25, 0.3) is 0 Å². The highest BCUT2D eigenvalue weighted by Gasteiger charge is 2.24. The molecule has 1 aliphatic heterocycles. The Morgan fingerprint density at radius 1 is 1.44 bits per heavy atom. The van der Waals surface area contributed by atoms with Crippen LogP contribution in [0.25, 0.3) is 0 Å². The number of benzene rings is 1. The Hall–Kier alpha value is -1.13. The number of para-hydroxylation sites is 1. The maximum Gasteiger partial charge on any atom is 0.146 e. The lowest BCUT2D eigenvalue weighted by Gasteiger charge is -2.37. The molecule has 1 aromatic rings. The van der Waals surface area contributed by atoms with E-state index >= 15 is 0 Å². The van der Waals surface area contributed by atoms with Crippen molar-refractivity contribution in [3.05, 3.63) is 30.1 Å². The van der Waals surface area contributed by atoms with Crippen molar-refractivity contribution in [3.8, 4) is 0 Å². The number of ether oxygens (including phenoxy) is 1. The van der Waals surface area contributed by atoms with Crippen LogP contribution in [-0.4, -0.2) is 32.3 Å². The van der Waals surface area contributed by atoms with E-state index < -0.39 is 0 Å². The zero-order chi connectivity index (χ0) is 11.4. The van der Waals surface area contributed by atoms with Crippen LogP contribution < -0.4 is 10.6 Å². The summed E-state index contributed by atoms with van der Waals surface area (Å²) in [5, 5.41) is 0. The van der Waals surface area contributed by atoms with E-state index in [-0.39, 0.29) is 11.9 Å². The molecule has 1 saturated heterocycles. The van der Waals surface area contributed by atoms with Gasteiger partial charge in [0.1, 0.15) is 5.82 Å². The lowest BCUT2D eigenvalue weighted by molar-refractivity contribution is 0.0919. The van der Waals surface area contributed by atoms with Crippen molar-refractivity contribution in [2.45, 2.75) is 12.5 Å². The number of hydrogen-bond acceptors (Lipinski definition) is 3. The number of nitrogens with zero attached hydrogens (tertiary/aromatic N) is 1. The summed E-state index contributed by atoms with van der Waals surface area (Å²) >= 11 is 0. The van der Waals surface area contributed by atoms with Crippen LogP contribution in [0.4, 0.5) is 10.1 Å². The summed E-state index contributed by atoms with van der Waals surface area (Å²) in [5.74, 6) is -0.175. The average molecular weight is 224 g/mol. The first-order chi connectivity index (χ1) is 7.83. The second-order valence-electron chi connectivity index (χ2n) is 3.95. The van der Waals surface area contributed by atoms with Crippen LogP contribution in [0.3, 0.4) is 0 Å². The molecule has 0 radical (unpaired) electrons. The lowest BCUT2D eigenvalue weighted by atomic mass is 10.1. The summed E-state index contributed by atoms with van der Waals surface area (Å²) in [6.07, 6.45) is 0.828. The van der Waals surface area contributed by atoms with Crippen molar-refractivity contribution >= 4 is 5.69 Å². The van der Waals surface area contributed by atoms with Gasteiger partial charge < -0.3 is 15.4 Å². The lowest BCUT2D eigenvalue weighted by Crippen LogP contribution is -2.46. The Morgan fingerprint density at radius 3 is 3.00 bits per heavy atom. The van der Waals surface area contributed by atoms with Gasteiger partial charge in [0.15, 0.2) is 0 Å². The Balaban J connectivity index is 2.19. The molecule has 1 atom stereocenters. The molecule has 88 valence electrons. The largest absolute Gasteiger partial charge is 0.377 e. The molecular weight excluding hydrogens is 207 g/mol. The third-order valence-electron chi connectivity index (χ3n) is 2.89. The van der Waals surface area contributed by atoms with Crippen LogP contribution in [0.1, 0.15) is 6.42 Å². The maximum absolute atomic E-state index is 13.7. The minimum atomic E-state index is -0.175. The molecule has 4 heteroatoms. The molecule has 1 aliphatic rings. The number of hydrogen-bond donors (Lipinski definition) is 1. The second-order valence-corrected chi connectivity index (χ2v) is 3.95. The van der Waals surface area contributed by atoms with Crippen LogP contribution >= 0.6 is 0 Å². The Labute approximate surface area is 95.0 Å². The number of nitrogens with two attached hydrogens (primary N) is 1. The van der Waals surface area contributed by atoms with E-state index in [2.05, 4.69) is 4.90 Å². The Morgan fingerprint density at radius 2 is 2.25 bits per heavy atom. The van der Waals surface area contributed by atoms with Gasteiger partial charge in [-0.25, -0.2) is 4.39 Å². The van der Waals surface area contributed by atoms with Crippen molar-refractivity contribution in [2.24, 2.45) is 5.73 Å². The van der Waals surface area contributed by atoms with E-state index in [1.54, 1.807) is 6.07 Å². The fraction of sp³-hybridized carbons (Fsp3) is 0.500. The molecule has 0 amide bonds. The van der Waals surface area contributed by atoms with Crippen LogP contribution in [0.15, 0.2) is 24.3 Å². The standard InChI is InChI=1S/C12H17FN2O/c13-11-3-1-2-4-12(11)15-7-8-16-9-10(15)5-6-14/h1-4,10H,5-9,14H2. The molecule has 0 aromatic heterocycles. The number of halogens is 1. The molecule has 16 heavy (non-hydrogen) atoms. The van der Waals surface area contributed by atoms with Gasteiger partial charge in [-0.05, 0) is 25.1 Å². The highest BCUT2D eigenvalue weighted by Crippen LogP contribution is 2.23. The van der Waals surface area contributed by atoms with E-state index in [1.165, 1.54) is 6.07 Å². The fourth-order valence-corrected chi connectivity index (χ4v) is 2.09. The monoisotopic (exact) mass is 224 g/mol. The van der Waals surface area contributed by atoms with Gasteiger partial charge in [0.05, 0.1) is 24.9 Å². The molecule has 0 aliphatic carbocycles. The first-order valence-corrected chi connectivity index (χ1v) is 5.62. The number of morpholine rings is 1. The highest BCUT2D eigenvalue weighted by atomic mass is 19.1. The SMILES string of the molecule is NCCC1COCCN1c1ccccc1F. The minimum absolute atomic E-state index is 0.175. The summed E-state index contributed by atoms with van der Waals surface area (Å²) in [6.45, 7) is 2.60. The van der Waals surface area contributed by atoms with Crippen molar-refractivity contribution in [1.82, 2.24) is 0 Å². The first-order valence-electron chi connectivity index (χ1n) is 5.62. The molecule has 1 heterocycles. The summed E-state index contributed by atoms with van der Waals surface area (Å²) in [7, 11) is 0. The summed E-state index contributed by atoms with van der Waals surface area (Å²) < 4.78 is 19.1. The van der Waals surface area contributed by atoms with E-state index in [0.717, 1.165) is 13.0 Å². The van der Waals surface area contributed by atoms with Crippen LogP contribution in [-0.2, 0) is 4.74 Å². The van der Waals surface area contributed by atoms with Gasteiger partial charge in [0, 0.05) is 6.54 Å². The molecule has 1 unspecified atom stereocenters. The molecular formula is C12H17FN2O. The Bertz CT molecular complexity index is 344. The molecule has 0 saturated carbocycles. The van der Waals surface area contributed by atoms with Gasteiger partial charge in [-0.1, -0.05) is 12.1 Å². The molecule has 1 aromatic carbocycles. The van der Waals surface area contributed by atoms with Gasteiger partial charge in [-0.3, -0.25) is 0 Å². The van der Waals surface area contributed by atoms with Gasteiger partial charge >= 0.3 is 0 Å². The van der Waals surface area contributed by atoms with Crippen LogP contribution in [0.2, 0.25) is 0 Å². The fourth-order valence-electron chi connectivity index (χ4n) is 2.09. The zero-order valence-corrected chi connectivity index (χ0v) is 9.23. The van der Waals surface area contributed by atoms with E-state index in [4.69, 9.17) is 10.5 Å². The minimum Gasteiger partial charge on any atom is -0.377 e. The van der Waals surface area contributed by atoms with Gasteiger partial charge in [-0.15, -0.1) is 0 Å². The third-order valence-corrected chi connectivity index (χ3v) is 2.89. The molecule has 2 N–H and O–H groups in total. The van der Waals surface area contributed by atoms with Crippen LogP contribution in [0, 0.1) is 5.82 Å². The van der Waals surface area contributed by atoms with E-state index in [9.17, 15) is 4.39 Å². The predicted octanol–water partition coefficient (Wildman–Crippen LogP) is 1.38. The number of rotatable bonds is 3.